The molecule has 0 saturated heterocycles. The molecule has 3 aliphatic rings. The summed E-state index contributed by atoms with van der Waals surface area (Å²) in [6, 6.07) is 0. The fraction of sp³-hybridized carbons (Fsp3) is 0.769. The Labute approximate surface area is 292 Å². The maximum absolute atomic E-state index is 7.72. The molecular formula is C39H70ClO3Si3+. The number of ketones is 1. The summed E-state index contributed by atoms with van der Waals surface area (Å²) in [6.07, 6.45) is 10.7. The Morgan fingerprint density at radius 3 is 1.85 bits per heavy atom. The number of carbonyl (C=O) groups excluding carboxylic acids is 1. The van der Waals surface area contributed by atoms with Crippen molar-refractivity contribution in [2.75, 3.05) is 0 Å². The van der Waals surface area contributed by atoms with Gasteiger partial charge in [-0.15, -0.1) is 0 Å². The summed E-state index contributed by atoms with van der Waals surface area (Å²) in [7, 11) is -6.77. The zero-order chi connectivity index (χ0) is 35.7. The van der Waals surface area contributed by atoms with Crippen LogP contribution in [0.3, 0.4) is 0 Å². The fourth-order valence-electron chi connectivity index (χ4n) is 6.82. The molecule has 0 aromatic carbocycles. The van der Waals surface area contributed by atoms with Gasteiger partial charge in [0.2, 0.25) is 0 Å². The van der Waals surface area contributed by atoms with Crippen molar-refractivity contribution in [2.45, 2.75) is 177 Å². The molecule has 3 nitrogen and oxygen atoms in total. The molecule has 0 aromatic heterocycles. The molecule has 1 saturated carbocycles. The molecule has 0 aliphatic heterocycles. The van der Waals surface area contributed by atoms with Gasteiger partial charge in [-0.25, -0.2) is 0 Å². The van der Waals surface area contributed by atoms with Crippen molar-refractivity contribution in [3.8, 4) is 0 Å². The first-order valence-electron chi connectivity index (χ1n) is 17.9. The van der Waals surface area contributed by atoms with Crippen LogP contribution in [0, 0.1) is 16.7 Å². The van der Waals surface area contributed by atoms with E-state index in [1.54, 1.807) is 0 Å². The maximum atomic E-state index is 7.72. The van der Waals surface area contributed by atoms with Crippen molar-refractivity contribution in [2.24, 2.45) is 16.7 Å². The monoisotopic (exact) mass is 705 g/mol. The minimum atomic E-state index is -2.28. The molecule has 0 aromatic rings. The highest BCUT2D eigenvalue weighted by atomic mass is 35.5. The Morgan fingerprint density at radius 1 is 0.826 bits per heavy atom. The molecule has 262 valence electrons. The lowest BCUT2D eigenvalue weighted by molar-refractivity contribution is -0.310. The van der Waals surface area contributed by atoms with Crippen LogP contribution in [0.2, 0.25) is 54.4 Å². The Kier molecular flexibility index (Phi) is 10.8. The van der Waals surface area contributed by atoms with E-state index in [2.05, 4.69) is 141 Å². The van der Waals surface area contributed by atoms with Gasteiger partial charge < -0.3 is 13.0 Å². The van der Waals surface area contributed by atoms with Gasteiger partial charge in [0.1, 0.15) is 5.03 Å². The van der Waals surface area contributed by atoms with Gasteiger partial charge >= 0.3 is 14.1 Å². The van der Waals surface area contributed by atoms with Crippen molar-refractivity contribution in [3.63, 3.8) is 0 Å². The van der Waals surface area contributed by atoms with Crippen molar-refractivity contribution >= 4 is 42.3 Å². The molecule has 0 N–H and O–H groups in total. The molecule has 0 heterocycles. The minimum absolute atomic E-state index is 0.00161. The average molecular weight is 707 g/mol. The first-order chi connectivity index (χ1) is 20.4. The van der Waals surface area contributed by atoms with Gasteiger partial charge in [0.25, 0.3) is 16.6 Å². The summed E-state index contributed by atoms with van der Waals surface area (Å²) in [5.74, 6) is 2.92. The van der Waals surface area contributed by atoms with Crippen LogP contribution in [0.5, 0.6) is 0 Å². The summed E-state index contributed by atoms with van der Waals surface area (Å²) in [5.41, 5.74) is 4.31. The molecule has 3 aliphatic carbocycles. The quantitative estimate of drug-likeness (QED) is 0.156. The van der Waals surface area contributed by atoms with E-state index in [-0.39, 0.29) is 20.5 Å². The topological polar surface area (TPSA) is 29.8 Å². The van der Waals surface area contributed by atoms with Gasteiger partial charge in [-0.05, 0) is 97.3 Å². The predicted molar refractivity (Wildman–Crippen MR) is 209 cm³/mol. The van der Waals surface area contributed by atoms with E-state index in [9.17, 15) is 0 Å². The van der Waals surface area contributed by atoms with Gasteiger partial charge in [-0.2, -0.15) is 0 Å². The second-order valence-electron chi connectivity index (χ2n) is 20.2. The summed E-state index contributed by atoms with van der Waals surface area (Å²) >= 11 is 7.72. The smallest absolute Gasteiger partial charge is 0.517 e. The van der Waals surface area contributed by atoms with Gasteiger partial charge in [0, 0.05) is 18.1 Å². The zero-order valence-corrected chi connectivity index (χ0v) is 37.1. The lowest BCUT2D eigenvalue weighted by atomic mass is 9.50. The first-order valence-corrected chi connectivity index (χ1v) is 27.0. The van der Waals surface area contributed by atoms with Gasteiger partial charge in [0.05, 0.1) is 11.6 Å². The zero-order valence-electron chi connectivity index (χ0n) is 33.4. The van der Waals surface area contributed by atoms with Crippen LogP contribution in [-0.2, 0) is 13.0 Å². The molecule has 46 heavy (non-hydrogen) atoms. The number of fused-ring (bicyclic) bond motifs is 1. The van der Waals surface area contributed by atoms with Crippen LogP contribution in [-0.4, -0.2) is 30.7 Å². The summed E-state index contributed by atoms with van der Waals surface area (Å²) in [6.45, 7) is 44.3. The molecule has 0 amide bonds. The highest BCUT2D eigenvalue weighted by Crippen LogP contribution is 2.60. The fourth-order valence-corrected chi connectivity index (χ4v) is 10.2. The molecular weight excluding hydrogens is 636 g/mol. The van der Waals surface area contributed by atoms with E-state index >= 15 is 0 Å². The van der Waals surface area contributed by atoms with Crippen LogP contribution in [0.25, 0.3) is 0 Å². The summed E-state index contributed by atoms with van der Waals surface area (Å²) < 4.78 is 21.6. The largest absolute Gasteiger partial charge is 0.541 e. The first kappa shape index (κ1) is 39.6. The second-order valence-corrected chi connectivity index (χ2v) is 34.8. The molecule has 1 fully saturated rings. The molecule has 0 bridgehead atoms. The van der Waals surface area contributed by atoms with E-state index < -0.39 is 25.0 Å². The van der Waals surface area contributed by atoms with E-state index in [1.165, 1.54) is 36.8 Å². The Morgan fingerprint density at radius 2 is 1.35 bits per heavy atom. The predicted octanol–water partition coefficient (Wildman–Crippen LogP) is 13.4. The highest BCUT2D eigenvalue weighted by molar-refractivity contribution is 6.75. The van der Waals surface area contributed by atoms with Crippen LogP contribution >= 0.6 is 11.6 Å². The van der Waals surface area contributed by atoms with Crippen molar-refractivity contribution in [3.05, 3.63) is 45.4 Å². The number of halogens is 1. The minimum Gasteiger partial charge on any atom is -0.541 e. The van der Waals surface area contributed by atoms with Gasteiger partial charge in [0.15, 0.2) is 11.5 Å². The number of hydrogen-bond donors (Lipinski definition) is 0. The van der Waals surface area contributed by atoms with E-state index in [0.29, 0.717) is 22.1 Å². The molecule has 0 radical (unpaired) electrons. The van der Waals surface area contributed by atoms with Crippen molar-refractivity contribution in [1.82, 2.24) is 0 Å². The SMILES string of the molecule is CC1=C(/C=C2\C(=[O+][Si](C)(C)C(C)(C)C)C=C(O[Si](C)(C)C(C)(C)C)C(O[Si](C)(C)C(C)(C)C)=C2Cl)[C@@]2(C)CCCC(C)(C)[C@@H]2CC1. The Bertz CT molecular complexity index is 1350. The Balaban J connectivity index is 2.42. The van der Waals surface area contributed by atoms with E-state index in [1.807, 2.05) is 0 Å². The number of rotatable bonds is 6. The van der Waals surface area contributed by atoms with Gasteiger partial charge in [-0.1, -0.05) is 107 Å². The molecule has 2 atom stereocenters. The molecule has 0 spiro atoms. The lowest BCUT2D eigenvalue weighted by Crippen LogP contribution is -2.45. The lowest BCUT2D eigenvalue weighted by Gasteiger charge is -2.54. The third-order valence-electron chi connectivity index (χ3n) is 13.1. The Hall–Kier alpha value is -0.829. The standard InChI is InChI=1S/C39H70ClO3Si3/c1-27-21-22-32-38(11,12)23-20-24-39(32,13)29(27)25-28-30(41-44(14,15)35(2,3)4)26-31(42-45(16,17)36(5,6)7)34(33(28)40)43-46(18,19)37(8,9)10/h25-26,32H,20-24H2,1-19H3/q+1/b28-25+/t32-,39+/m0/s1. The molecule has 0 unspecified atom stereocenters. The third kappa shape index (κ3) is 7.65. The normalized spacial score (nSPS) is 27.2. The number of hydrogen-bond acceptors (Lipinski definition) is 2. The molecule has 3 rings (SSSR count). The third-order valence-corrected chi connectivity index (χ3v) is 26.5. The second kappa shape index (κ2) is 12.5. The average Bonchev–Trinajstić information content (AvgIpc) is 2.82. The summed E-state index contributed by atoms with van der Waals surface area (Å²) in [4.78, 5) is 0. The maximum Gasteiger partial charge on any atom is 0.517 e. The van der Waals surface area contributed by atoms with E-state index in [0.717, 1.165) is 23.5 Å². The van der Waals surface area contributed by atoms with Crippen LogP contribution < -0.4 is 0 Å². The van der Waals surface area contributed by atoms with Gasteiger partial charge in [-0.3, -0.25) is 0 Å². The van der Waals surface area contributed by atoms with Crippen LogP contribution in [0.15, 0.2) is 45.4 Å². The van der Waals surface area contributed by atoms with Crippen molar-refractivity contribution in [1.29, 1.82) is 0 Å². The van der Waals surface area contributed by atoms with Crippen LogP contribution in [0.4, 0.5) is 0 Å². The highest BCUT2D eigenvalue weighted by Gasteiger charge is 2.54. The summed E-state index contributed by atoms with van der Waals surface area (Å²) in [5, 5.41) is 0.677. The van der Waals surface area contributed by atoms with Crippen molar-refractivity contribution < 1.29 is 13.0 Å². The van der Waals surface area contributed by atoms with Crippen LogP contribution in [0.1, 0.15) is 122 Å². The number of allylic oxidation sites excluding steroid dienone is 6. The van der Waals surface area contributed by atoms with E-state index in [4.69, 9.17) is 24.6 Å². The molecule has 7 heteroatoms.